The van der Waals surface area contributed by atoms with Crippen LogP contribution in [-0.4, -0.2) is 29.0 Å². The molecule has 0 aliphatic rings. The summed E-state index contributed by atoms with van der Waals surface area (Å²) in [5, 5.41) is 2.55. The van der Waals surface area contributed by atoms with Gasteiger partial charge in [-0.2, -0.15) is 4.98 Å². The van der Waals surface area contributed by atoms with Crippen molar-refractivity contribution in [1.82, 2.24) is 9.97 Å². The highest BCUT2D eigenvalue weighted by Gasteiger charge is 2.14. The molecule has 17 heavy (non-hydrogen) atoms. The molecule has 0 aromatic carbocycles. The lowest BCUT2D eigenvalue weighted by Gasteiger charge is -2.09. The van der Waals surface area contributed by atoms with Crippen molar-refractivity contribution in [1.29, 1.82) is 0 Å². The number of carbonyl (C=O) groups excluding carboxylic acids is 1. The van der Waals surface area contributed by atoms with Gasteiger partial charge in [0, 0.05) is 12.5 Å². The number of hydrogen-bond acceptors (Lipinski definition) is 5. The molecule has 1 amide bonds. The van der Waals surface area contributed by atoms with Crippen LogP contribution in [0.15, 0.2) is 6.07 Å². The fraction of sp³-hybridized carbons (Fsp3) is 0.300. The van der Waals surface area contributed by atoms with E-state index in [2.05, 4.69) is 21.2 Å². The lowest BCUT2D eigenvalue weighted by molar-refractivity contribution is -0.117. The van der Waals surface area contributed by atoms with Crippen molar-refractivity contribution in [2.45, 2.75) is 12.5 Å². The van der Waals surface area contributed by atoms with Crippen LogP contribution >= 0.6 is 11.6 Å². The van der Waals surface area contributed by atoms with E-state index in [0.717, 1.165) is 0 Å². The van der Waals surface area contributed by atoms with E-state index in [1.807, 2.05) is 0 Å². The van der Waals surface area contributed by atoms with Gasteiger partial charge in [-0.25, -0.2) is 4.98 Å². The summed E-state index contributed by atoms with van der Waals surface area (Å²) in [5.74, 6) is 2.07. The Morgan fingerprint density at radius 2 is 2.47 bits per heavy atom. The Morgan fingerprint density at radius 3 is 3.06 bits per heavy atom. The largest absolute Gasteiger partial charge is 0.481 e. The van der Waals surface area contributed by atoms with Gasteiger partial charge in [0.05, 0.1) is 13.2 Å². The van der Waals surface area contributed by atoms with Gasteiger partial charge in [-0.15, -0.1) is 12.3 Å². The van der Waals surface area contributed by atoms with Gasteiger partial charge in [-0.3, -0.25) is 10.1 Å². The normalized spacial score (nSPS) is 11.4. The van der Waals surface area contributed by atoms with Crippen LogP contribution in [0.3, 0.4) is 0 Å². The molecule has 0 radical (unpaired) electrons. The Morgan fingerprint density at radius 1 is 1.76 bits per heavy atom. The van der Waals surface area contributed by atoms with E-state index in [-0.39, 0.29) is 23.4 Å². The van der Waals surface area contributed by atoms with Gasteiger partial charge in [0.25, 0.3) is 0 Å². The van der Waals surface area contributed by atoms with Gasteiger partial charge in [-0.1, -0.05) is 11.6 Å². The Bertz CT molecular complexity index is 458. The third kappa shape index (κ3) is 3.90. The van der Waals surface area contributed by atoms with Crippen molar-refractivity contribution in [2.75, 3.05) is 12.4 Å². The second-order valence-electron chi connectivity index (χ2n) is 3.06. The lowest BCUT2D eigenvalue weighted by Crippen LogP contribution is -2.35. The SMILES string of the molecule is C#CCC(N)C(=O)Nc1nc(Cl)cc(OC)n1. The molecule has 0 fully saturated rings. The summed E-state index contributed by atoms with van der Waals surface area (Å²) in [6, 6.07) is 0.604. The van der Waals surface area contributed by atoms with Gasteiger partial charge in [-0.05, 0) is 0 Å². The lowest BCUT2D eigenvalue weighted by atomic mass is 10.2. The number of nitrogens with two attached hydrogens (primary N) is 1. The summed E-state index contributed by atoms with van der Waals surface area (Å²) in [7, 11) is 1.42. The highest BCUT2D eigenvalue weighted by atomic mass is 35.5. The molecule has 90 valence electrons. The molecular formula is C10H11ClN4O2. The zero-order valence-electron chi connectivity index (χ0n) is 9.11. The molecule has 6 nitrogen and oxygen atoms in total. The zero-order chi connectivity index (χ0) is 12.8. The van der Waals surface area contributed by atoms with Crippen LogP contribution in [0.2, 0.25) is 5.15 Å². The topological polar surface area (TPSA) is 90.1 Å². The van der Waals surface area contributed by atoms with E-state index in [9.17, 15) is 4.79 Å². The van der Waals surface area contributed by atoms with E-state index >= 15 is 0 Å². The maximum absolute atomic E-state index is 11.5. The monoisotopic (exact) mass is 254 g/mol. The predicted octanol–water partition coefficient (Wildman–Crippen LogP) is 0.428. The molecule has 0 bridgehead atoms. The fourth-order valence-electron chi connectivity index (χ4n) is 0.980. The fourth-order valence-corrected chi connectivity index (χ4v) is 1.15. The van der Waals surface area contributed by atoms with Gasteiger partial charge < -0.3 is 10.5 Å². The summed E-state index contributed by atoms with van der Waals surface area (Å²) in [6.45, 7) is 0. The van der Waals surface area contributed by atoms with E-state index < -0.39 is 11.9 Å². The first-order chi connectivity index (χ1) is 8.06. The number of carbonyl (C=O) groups is 1. The quantitative estimate of drug-likeness (QED) is 0.601. The third-order valence-electron chi connectivity index (χ3n) is 1.79. The molecule has 1 rings (SSSR count). The number of terminal acetylenes is 1. The molecular weight excluding hydrogens is 244 g/mol. The van der Waals surface area contributed by atoms with E-state index in [1.165, 1.54) is 13.2 Å². The molecule has 1 unspecified atom stereocenters. The first-order valence-electron chi connectivity index (χ1n) is 4.65. The van der Waals surface area contributed by atoms with Crippen molar-refractivity contribution in [3.8, 4) is 18.2 Å². The van der Waals surface area contributed by atoms with Crippen molar-refractivity contribution in [3.05, 3.63) is 11.2 Å². The summed E-state index contributed by atoms with van der Waals surface area (Å²) in [6.07, 6.45) is 5.18. The maximum atomic E-state index is 11.5. The smallest absolute Gasteiger partial charge is 0.244 e. The van der Waals surface area contributed by atoms with E-state index in [4.69, 9.17) is 28.5 Å². The second-order valence-corrected chi connectivity index (χ2v) is 3.45. The highest BCUT2D eigenvalue weighted by Crippen LogP contribution is 2.15. The van der Waals surface area contributed by atoms with Crippen LogP contribution in [-0.2, 0) is 4.79 Å². The van der Waals surface area contributed by atoms with Gasteiger partial charge in [0.2, 0.25) is 17.7 Å². The number of nitrogens with one attached hydrogen (secondary N) is 1. The van der Waals surface area contributed by atoms with Crippen LogP contribution in [0.25, 0.3) is 0 Å². The molecule has 0 saturated carbocycles. The predicted molar refractivity (Wildman–Crippen MR) is 63.6 cm³/mol. The molecule has 3 N–H and O–H groups in total. The molecule has 7 heteroatoms. The molecule has 1 heterocycles. The van der Waals surface area contributed by atoms with E-state index in [0.29, 0.717) is 0 Å². The Balaban J connectivity index is 2.78. The number of hydrogen-bond donors (Lipinski definition) is 2. The first kappa shape index (κ1) is 13.2. The van der Waals surface area contributed by atoms with Crippen LogP contribution in [0.5, 0.6) is 5.88 Å². The molecule has 1 aromatic heterocycles. The van der Waals surface area contributed by atoms with Crippen LogP contribution in [0, 0.1) is 12.3 Å². The standard InChI is InChI=1S/C10H11ClN4O2/c1-3-4-6(12)9(16)15-10-13-7(11)5-8(14-10)17-2/h1,5-6H,4,12H2,2H3,(H,13,14,15,16). The summed E-state index contributed by atoms with van der Waals surface area (Å²) < 4.78 is 4.87. The summed E-state index contributed by atoms with van der Waals surface area (Å²) in [4.78, 5) is 19.2. The van der Waals surface area contributed by atoms with Gasteiger partial charge in [0.1, 0.15) is 5.15 Å². The number of halogens is 1. The first-order valence-corrected chi connectivity index (χ1v) is 5.03. The Hall–Kier alpha value is -1.84. The van der Waals surface area contributed by atoms with Crippen molar-refractivity contribution >= 4 is 23.5 Å². The van der Waals surface area contributed by atoms with Crippen molar-refractivity contribution in [3.63, 3.8) is 0 Å². The Labute approximate surface area is 104 Å². The number of anilines is 1. The maximum Gasteiger partial charge on any atom is 0.244 e. The molecule has 1 atom stereocenters. The van der Waals surface area contributed by atoms with Crippen LogP contribution < -0.4 is 15.8 Å². The number of rotatable bonds is 4. The van der Waals surface area contributed by atoms with E-state index in [1.54, 1.807) is 0 Å². The molecule has 0 aliphatic carbocycles. The molecule has 0 saturated heterocycles. The average molecular weight is 255 g/mol. The third-order valence-corrected chi connectivity index (χ3v) is 1.98. The summed E-state index contributed by atoms with van der Waals surface area (Å²) in [5.41, 5.74) is 5.51. The number of methoxy groups -OCH3 is 1. The number of aromatic nitrogens is 2. The molecule has 0 spiro atoms. The molecule has 0 aliphatic heterocycles. The minimum atomic E-state index is -0.812. The Kier molecular flexibility index (Phi) is 4.69. The van der Waals surface area contributed by atoms with Crippen LogP contribution in [0.1, 0.15) is 6.42 Å². The molecule has 1 aromatic rings. The number of ether oxygens (including phenoxy) is 1. The zero-order valence-corrected chi connectivity index (χ0v) is 9.86. The number of amides is 1. The average Bonchev–Trinajstić information content (AvgIpc) is 2.28. The van der Waals surface area contributed by atoms with Crippen molar-refractivity contribution < 1.29 is 9.53 Å². The van der Waals surface area contributed by atoms with Crippen molar-refractivity contribution in [2.24, 2.45) is 5.73 Å². The number of nitrogens with zero attached hydrogens (tertiary/aromatic N) is 2. The second kappa shape index (κ2) is 6.03. The van der Waals surface area contributed by atoms with Gasteiger partial charge in [0.15, 0.2) is 0 Å². The van der Waals surface area contributed by atoms with Gasteiger partial charge >= 0.3 is 0 Å². The minimum Gasteiger partial charge on any atom is -0.481 e. The highest BCUT2D eigenvalue weighted by molar-refractivity contribution is 6.29. The summed E-state index contributed by atoms with van der Waals surface area (Å²) >= 11 is 5.71. The minimum absolute atomic E-state index is 0.0202. The van der Waals surface area contributed by atoms with Crippen LogP contribution in [0.4, 0.5) is 5.95 Å².